The van der Waals surface area contributed by atoms with Gasteiger partial charge in [0.25, 0.3) is 5.91 Å². The average molecular weight is 368 g/mol. The van der Waals surface area contributed by atoms with Crippen molar-refractivity contribution in [2.24, 2.45) is 0 Å². The number of nitriles is 1. The Morgan fingerprint density at radius 3 is 2.56 bits per heavy atom. The van der Waals surface area contributed by atoms with Crippen molar-refractivity contribution in [1.29, 1.82) is 5.26 Å². The molecular weight excluding hydrogens is 357 g/mol. The quantitative estimate of drug-likeness (QED) is 0.671. The van der Waals surface area contributed by atoms with Crippen molar-refractivity contribution in [2.45, 2.75) is 0 Å². The van der Waals surface area contributed by atoms with E-state index in [-0.39, 0.29) is 22.6 Å². The van der Waals surface area contributed by atoms with Crippen molar-refractivity contribution in [1.82, 2.24) is 4.98 Å². The van der Waals surface area contributed by atoms with Gasteiger partial charge in [0.2, 0.25) is 0 Å². The maximum absolute atomic E-state index is 13.8. The number of amides is 1. The third kappa shape index (κ3) is 3.88. The lowest BCUT2D eigenvalue weighted by molar-refractivity contribution is 0.102. The molecule has 3 rings (SSSR count). The number of carbonyl (C=O) groups is 1. The molecule has 2 N–H and O–H groups in total. The van der Waals surface area contributed by atoms with Crippen molar-refractivity contribution in [3.63, 3.8) is 0 Å². The van der Waals surface area contributed by atoms with Crippen molar-refractivity contribution in [2.75, 3.05) is 10.6 Å². The first-order valence-electron chi connectivity index (χ1n) is 7.66. The minimum Gasteiger partial charge on any atom is -0.353 e. The van der Waals surface area contributed by atoms with Gasteiger partial charge in [-0.25, -0.2) is 13.2 Å². The normalized spacial score (nSPS) is 10.1. The van der Waals surface area contributed by atoms with Gasteiger partial charge < -0.3 is 10.6 Å². The molecule has 5 nitrogen and oxygen atoms in total. The van der Waals surface area contributed by atoms with E-state index in [1.165, 1.54) is 18.3 Å². The number of aromatic nitrogens is 1. The van der Waals surface area contributed by atoms with E-state index in [0.717, 1.165) is 12.1 Å². The fourth-order valence-corrected chi connectivity index (χ4v) is 2.29. The molecule has 1 heterocycles. The Bertz CT molecular complexity index is 1060. The first kappa shape index (κ1) is 17.9. The fourth-order valence-electron chi connectivity index (χ4n) is 2.29. The molecule has 0 aliphatic heterocycles. The molecule has 3 aromatic rings. The van der Waals surface area contributed by atoms with Crippen LogP contribution in [-0.2, 0) is 0 Å². The lowest BCUT2D eigenvalue weighted by Gasteiger charge is -2.10. The van der Waals surface area contributed by atoms with Crippen LogP contribution in [0.3, 0.4) is 0 Å². The Morgan fingerprint density at radius 1 is 1.00 bits per heavy atom. The molecule has 0 bridgehead atoms. The predicted octanol–water partition coefficient (Wildman–Crippen LogP) is 4.37. The fraction of sp³-hybridized carbons (Fsp3) is 0. The third-order valence-electron chi connectivity index (χ3n) is 3.60. The number of nitrogens with one attached hydrogen (secondary N) is 2. The Morgan fingerprint density at radius 2 is 1.78 bits per heavy atom. The molecule has 0 fully saturated rings. The van der Waals surface area contributed by atoms with Gasteiger partial charge in [-0.3, -0.25) is 9.78 Å². The monoisotopic (exact) mass is 368 g/mol. The maximum atomic E-state index is 13.8. The van der Waals surface area contributed by atoms with Gasteiger partial charge in [0.1, 0.15) is 11.8 Å². The van der Waals surface area contributed by atoms with Crippen LogP contribution in [0, 0.1) is 28.8 Å². The summed E-state index contributed by atoms with van der Waals surface area (Å²) in [6, 6.07) is 13.0. The van der Waals surface area contributed by atoms with E-state index >= 15 is 0 Å². The Hall–Kier alpha value is -3.86. The molecule has 0 radical (unpaired) electrons. The number of hydrogen-bond acceptors (Lipinski definition) is 4. The van der Waals surface area contributed by atoms with E-state index in [2.05, 4.69) is 15.6 Å². The lowest BCUT2D eigenvalue weighted by atomic mass is 10.2. The van der Waals surface area contributed by atoms with Gasteiger partial charge >= 0.3 is 0 Å². The summed E-state index contributed by atoms with van der Waals surface area (Å²) in [4.78, 5) is 16.3. The van der Waals surface area contributed by atoms with Crippen LogP contribution in [0.4, 0.5) is 30.2 Å². The van der Waals surface area contributed by atoms with Gasteiger partial charge in [-0.1, -0.05) is 12.1 Å². The van der Waals surface area contributed by atoms with Crippen LogP contribution in [0.2, 0.25) is 0 Å². The van der Waals surface area contributed by atoms with E-state index in [0.29, 0.717) is 5.69 Å². The molecule has 27 heavy (non-hydrogen) atoms. The summed E-state index contributed by atoms with van der Waals surface area (Å²) in [7, 11) is 0. The van der Waals surface area contributed by atoms with E-state index in [9.17, 15) is 18.0 Å². The van der Waals surface area contributed by atoms with Crippen LogP contribution in [0.1, 0.15) is 16.1 Å². The molecule has 2 aromatic carbocycles. The van der Waals surface area contributed by atoms with Gasteiger partial charge in [-0.05, 0) is 36.4 Å². The summed E-state index contributed by atoms with van der Waals surface area (Å²) in [5, 5.41) is 14.2. The van der Waals surface area contributed by atoms with Crippen LogP contribution < -0.4 is 10.6 Å². The van der Waals surface area contributed by atoms with Crippen LogP contribution in [-0.4, -0.2) is 10.9 Å². The molecule has 1 amide bonds. The van der Waals surface area contributed by atoms with E-state index in [1.807, 2.05) is 6.07 Å². The van der Waals surface area contributed by atoms with Gasteiger partial charge in [0, 0.05) is 11.9 Å². The largest absolute Gasteiger partial charge is 0.353 e. The average Bonchev–Trinajstić information content (AvgIpc) is 2.69. The molecule has 0 aliphatic rings. The minimum atomic E-state index is -1.60. The van der Waals surface area contributed by atoms with Crippen molar-refractivity contribution < 1.29 is 18.0 Å². The number of nitrogens with zero attached hydrogens (tertiary/aromatic N) is 2. The number of halogens is 3. The van der Waals surface area contributed by atoms with Gasteiger partial charge in [0.15, 0.2) is 17.5 Å². The molecule has 1 aromatic heterocycles. The highest BCUT2D eigenvalue weighted by Gasteiger charge is 2.15. The number of benzene rings is 2. The van der Waals surface area contributed by atoms with Gasteiger partial charge in [-0.2, -0.15) is 5.26 Å². The second kappa shape index (κ2) is 7.58. The maximum Gasteiger partial charge on any atom is 0.274 e. The van der Waals surface area contributed by atoms with Crippen molar-refractivity contribution >= 4 is 23.0 Å². The zero-order valence-electron chi connectivity index (χ0n) is 13.6. The summed E-state index contributed by atoms with van der Waals surface area (Å²) in [6.45, 7) is 0. The molecule has 0 aliphatic carbocycles. The zero-order chi connectivity index (χ0) is 19.4. The SMILES string of the molecule is N#Cc1ccccc1NC(=O)c1cc(Nc2ccc(F)c(F)c2F)ccn1. The Kier molecular flexibility index (Phi) is 5.04. The molecule has 0 spiro atoms. The molecular formula is C19H11F3N4O. The van der Waals surface area contributed by atoms with E-state index < -0.39 is 23.4 Å². The summed E-state index contributed by atoms with van der Waals surface area (Å²) < 4.78 is 40.1. The number of carbonyl (C=O) groups excluding carboxylic acids is 1. The predicted molar refractivity (Wildman–Crippen MR) is 92.9 cm³/mol. The number of rotatable bonds is 4. The minimum absolute atomic E-state index is 0.0178. The molecule has 0 saturated carbocycles. The van der Waals surface area contributed by atoms with Gasteiger partial charge in [-0.15, -0.1) is 0 Å². The second-order valence-electron chi connectivity index (χ2n) is 5.39. The number of hydrogen-bond donors (Lipinski definition) is 2. The number of pyridine rings is 1. The summed E-state index contributed by atoms with van der Waals surface area (Å²) in [6.07, 6.45) is 1.30. The molecule has 0 saturated heterocycles. The van der Waals surface area contributed by atoms with Crippen LogP contribution in [0.5, 0.6) is 0 Å². The summed E-state index contributed by atoms with van der Waals surface area (Å²) in [5.74, 6) is -4.86. The molecule has 0 unspecified atom stereocenters. The smallest absolute Gasteiger partial charge is 0.274 e. The van der Waals surface area contributed by atoms with E-state index in [1.54, 1.807) is 24.3 Å². The standard InChI is InChI=1S/C19H11F3N4O/c20-13-5-6-15(18(22)17(13)21)25-12-7-8-24-16(9-12)19(27)26-14-4-2-1-3-11(14)10-23/h1-9H,(H,24,25)(H,26,27). The van der Waals surface area contributed by atoms with Crippen LogP contribution in [0.15, 0.2) is 54.7 Å². The van der Waals surface area contributed by atoms with E-state index in [4.69, 9.17) is 5.26 Å². The Labute approximate surface area is 152 Å². The molecule has 8 heteroatoms. The highest BCUT2D eigenvalue weighted by Crippen LogP contribution is 2.24. The Balaban J connectivity index is 1.82. The molecule has 0 atom stereocenters. The van der Waals surface area contributed by atoms with Gasteiger partial charge in [0.05, 0.1) is 16.9 Å². The number of anilines is 3. The van der Waals surface area contributed by atoms with Crippen LogP contribution in [0.25, 0.3) is 0 Å². The zero-order valence-corrected chi connectivity index (χ0v) is 13.6. The summed E-state index contributed by atoms with van der Waals surface area (Å²) in [5.41, 5.74) is 0.534. The summed E-state index contributed by atoms with van der Waals surface area (Å²) >= 11 is 0. The highest BCUT2D eigenvalue weighted by molar-refractivity contribution is 6.04. The highest BCUT2D eigenvalue weighted by atomic mass is 19.2. The first-order valence-corrected chi connectivity index (χ1v) is 7.66. The van der Waals surface area contributed by atoms with Crippen molar-refractivity contribution in [3.8, 4) is 6.07 Å². The number of para-hydroxylation sites is 1. The second-order valence-corrected chi connectivity index (χ2v) is 5.39. The van der Waals surface area contributed by atoms with Crippen molar-refractivity contribution in [3.05, 3.63) is 83.4 Å². The van der Waals surface area contributed by atoms with Crippen LogP contribution >= 0.6 is 0 Å². The first-order chi connectivity index (χ1) is 13.0. The molecule has 134 valence electrons. The lowest BCUT2D eigenvalue weighted by Crippen LogP contribution is -2.14. The third-order valence-corrected chi connectivity index (χ3v) is 3.60. The topological polar surface area (TPSA) is 77.8 Å².